The maximum atomic E-state index is 8.61. The topological polar surface area (TPSA) is 35.8 Å². The molecule has 0 amide bonds. The average molecular weight is 234 g/mol. The molecule has 0 fully saturated rings. The molecule has 0 aromatic heterocycles. The molecule has 0 bridgehead atoms. The maximum absolute atomic E-state index is 8.61. The fourth-order valence-corrected chi connectivity index (χ4v) is 2.06. The Morgan fingerprint density at radius 2 is 2.06 bits per heavy atom. The summed E-state index contributed by atoms with van der Waals surface area (Å²) in [5, 5.41) is 11.8. The van der Waals surface area contributed by atoms with Gasteiger partial charge in [-0.05, 0) is 36.8 Å². The number of hydrogen-bond donors (Lipinski definition) is 1. The van der Waals surface area contributed by atoms with E-state index in [1.54, 1.807) is 0 Å². The summed E-state index contributed by atoms with van der Waals surface area (Å²) in [5.74, 6) is 1.11. The van der Waals surface area contributed by atoms with Crippen LogP contribution in [-0.2, 0) is 6.42 Å². The number of benzene rings is 1. The Balaban J connectivity index is 2.35. The van der Waals surface area contributed by atoms with Crippen LogP contribution in [0.4, 0.5) is 0 Å². The Hall–Kier alpha value is -0.980. The number of nitrogens with zero attached hydrogens (tertiary/aromatic N) is 1. The monoisotopic (exact) mass is 234 g/mol. The van der Waals surface area contributed by atoms with E-state index in [4.69, 9.17) is 5.26 Å². The van der Waals surface area contributed by atoms with Crippen molar-refractivity contribution in [2.75, 3.05) is 12.3 Å². The minimum Gasteiger partial charge on any atom is -0.302 e. The van der Waals surface area contributed by atoms with E-state index in [1.165, 1.54) is 10.5 Å². The molecule has 1 aromatic rings. The molecule has 1 aromatic carbocycles. The van der Waals surface area contributed by atoms with Crippen LogP contribution in [0.5, 0.6) is 0 Å². The second-order valence-electron chi connectivity index (χ2n) is 3.63. The van der Waals surface area contributed by atoms with E-state index in [1.807, 2.05) is 18.7 Å². The van der Waals surface area contributed by atoms with Crippen LogP contribution in [0.1, 0.15) is 19.4 Å². The second-order valence-corrected chi connectivity index (χ2v) is 4.97. The van der Waals surface area contributed by atoms with Gasteiger partial charge in [-0.3, -0.25) is 0 Å². The molecule has 0 spiro atoms. The molecule has 0 aliphatic rings. The van der Waals surface area contributed by atoms with Crippen molar-refractivity contribution in [3.05, 3.63) is 29.8 Å². The number of nitriles is 1. The molecule has 16 heavy (non-hydrogen) atoms. The van der Waals surface area contributed by atoms with Gasteiger partial charge in [0.1, 0.15) is 0 Å². The van der Waals surface area contributed by atoms with Gasteiger partial charge in [-0.15, -0.1) is 11.8 Å². The van der Waals surface area contributed by atoms with Gasteiger partial charge in [0.15, 0.2) is 0 Å². The van der Waals surface area contributed by atoms with Crippen LogP contribution in [0.15, 0.2) is 29.2 Å². The van der Waals surface area contributed by atoms with E-state index in [-0.39, 0.29) is 6.04 Å². The number of hydrogen-bond acceptors (Lipinski definition) is 3. The quantitative estimate of drug-likeness (QED) is 0.769. The van der Waals surface area contributed by atoms with Crippen LogP contribution in [0.25, 0.3) is 0 Å². The predicted molar refractivity (Wildman–Crippen MR) is 69.6 cm³/mol. The van der Waals surface area contributed by atoms with Crippen molar-refractivity contribution in [2.24, 2.45) is 0 Å². The van der Waals surface area contributed by atoms with Gasteiger partial charge in [0, 0.05) is 11.4 Å². The van der Waals surface area contributed by atoms with Crippen LogP contribution in [-0.4, -0.2) is 18.3 Å². The van der Waals surface area contributed by atoms with E-state index in [0.717, 1.165) is 18.7 Å². The summed E-state index contributed by atoms with van der Waals surface area (Å²) in [6.07, 6.45) is 0.975. The van der Waals surface area contributed by atoms with Gasteiger partial charge in [0.2, 0.25) is 0 Å². The van der Waals surface area contributed by atoms with Crippen LogP contribution < -0.4 is 5.32 Å². The maximum Gasteiger partial charge on any atom is 0.0924 e. The minimum atomic E-state index is -0.0603. The molecule has 1 atom stereocenters. The van der Waals surface area contributed by atoms with Gasteiger partial charge in [0.25, 0.3) is 0 Å². The van der Waals surface area contributed by atoms with Crippen LogP contribution in [0, 0.1) is 11.3 Å². The van der Waals surface area contributed by atoms with Crippen LogP contribution in [0.3, 0.4) is 0 Å². The second kappa shape index (κ2) is 7.32. The Morgan fingerprint density at radius 3 is 2.62 bits per heavy atom. The molecule has 1 rings (SSSR count). The predicted octanol–water partition coefficient (Wildman–Crippen LogP) is 2.84. The van der Waals surface area contributed by atoms with Crippen molar-refractivity contribution >= 4 is 11.8 Å². The average Bonchev–Trinajstić information content (AvgIpc) is 2.31. The molecular formula is C13H18N2S. The molecule has 0 saturated carbocycles. The molecule has 1 N–H and O–H groups in total. The lowest BCUT2D eigenvalue weighted by Gasteiger charge is -2.06. The fraction of sp³-hybridized carbons (Fsp3) is 0.462. The normalized spacial score (nSPS) is 12.1. The summed E-state index contributed by atoms with van der Waals surface area (Å²) in [4.78, 5) is 1.32. The van der Waals surface area contributed by atoms with E-state index in [9.17, 15) is 0 Å². The molecule has 86 valence electrons. The molecule has 0 radical (unpaired) electrons. The first-order valence-corrected chi connectivity index (χ1v) is 6.59. The largest absolute Gasteiger partial charge is 0.302 e. The van der Waals surface area contributed by atoms with Crippen molar-refractivity contribution in [3.63, 3.8) is 0 Å². The Bertz CT molecular complexity index is 340. The molecule has 0 heterocycles. The molecular weight excluding hydrogens is 216 g/mol. The van der Waals surface area contributed by atoms with Crippen LogP contribution >= 0.6 is 11.8 Å². The number of thioether (sulfide) groups is 1. The lowest BCUT2D eigenvalue weighted by Crippen LogP contribution is -2.26. The van der Waals surface area contributed by atoms with E-state index in [0.29, 0.717) is 0 Å². The summed E-state index contributed by atoms with van der Waals surface area (Å²) in [6, 6.07) is 10.8. The Morgan fingerprint density at radius 1 is 1.38 bits per heavy atom. The van der Waals surface area contributed by atoms with Crippen LogP contribution in [0.2, 0.25) is 0 Å². The van der Waals surface area contributed by atoms with E-state index < -0.39 is 0 Å². The van der Waals surface area contributed by atoms with Crippen molar-refractivity contribution in [2.45, 2.75) is 31.2 Å². The highest BCUT2D eigenvalue weighted by Crippen LogP contribution is 2.17. The first-order valence-electron chi connectivity index (χ1n) is 5.61. The summed E-state index contributed by atoms with van der Waals surface area (Å²) in [5.41, 5.74) is 1.32. The summed E-state index contributed by atoms with van der Waals surface area (Å²) in [6.45, 7) is 4.89. The van der Waals surface area contributed by atoms with Gasteiger partial charge < -0.3 is 5.32 Å². The zero-order valence-corrected chi connectivity index (χ0v) is 10.7. The third-order valence-electron chi connectivity index (χ3n) is 2.29. The Labute approximate surface area is 102 Å². The standard InChI is InChI=1S/C13H18N2S/c1-3-16-13-6-4-12(5-7-13)8-9-15-11(2)10-14/h4-7,11,15H,3,8-9H2,1-2H3. The first kappa shape index (κ1) is 13.1. The van der Waals surface area contributed by atoms with Crippen molar-refractivity contribution in [1.82, 2.24) is 5.32 Å². The minimum absolute atomic E-state index is 0.0603. The first-order chi connectivity index (χ1) is 7.76. The fourth-order valence-electron chi connectivity index (χ4n) is 1.40. The molecule has 1 unspecified atom stereocenters. The summed E-state index contributed by atoms with van der Waals surface area (Å²) >= 11 is 1.86. The van der Waals surface area contributed by atoms with Gasteiger partial charge in [-0.2, -0.15) is 5.26 Å². The smallest absolute Gasteiger partial charge is 0.0924 e. The molecule has 0 aliphatic carbocycles. The van der Waals surface area contributed by atoms with E-state index in [2.05, 4.69) is 42.6 Å². The molecule has 2 nitrogen and oxygen atoms in total. The number of nitrogens with one attached hydrogen (secondary N) is 1. The lowest BCUT2D eigenvalue weighted by atomic mass is 10.1. The summed E-state index contributed by atoms with van der Waals surface area (Å²) in [7, 11) is 0. The highest BCUT2D eigenvalue weighted by molar-refractivity contribution is 7.99. The molecule has 0 saturated heterocycles. The number of rotatable bonds is 6. The van der Waals surface area contributed by atoms with Crippen molar-refractivity contribution < 1.29 is 0 Å². The lowest BCUT2D eigenvalue weighted by molar-refractivity contribution is 0.640. The third-order valence-corrected chi connectivity index (χ3v) is 3.19. The van der Waals surface area contributed by atoms with E-state index >= 15 is 0 Å². The highest BCUT2D eigenvalue weighted by atomic mass is 32.2. The molecule has 0 aliphatic heterocycles. The van der Waals surface area contributed by atoms with Crippen molar-refractivity contribution in [3.8, 4) is 6.07 Å². The Kier molecular flexibility index (Phi) is 5.99. The molecule has 3 heteroatoms. The third kappa shape index (κ3) is 4.69. The highest BCUT2D eigenvalue weighted by Gasteiger charge is 1.98. The SMILES string of the molecule is CCSc1ccc(CCNC(C)C#N)cc1. The van der Waals surface area contributed by atoms with Gasteiger partial charge in [-0.25, -0.2) is 0 Å². The zero-order valence-electron chi connectivity index (χ0n) is 9.86. The zero-order chi connectivity index (χ0) is 11.8. The van der Waals surface area contributed by atoms with Gasteiger partial charge in [-0.1, -0.05) is 19.1 Å². The van der Waals surface area contributed by atoms with Crippen molar-refractivity contribution in [1.29, 1.82) is 5.26 Å². The summed E-state index contributed by atoms with van der Waals surface area (Å²) < 4.78 is 0. The van der Waals surface area contributed by atoms with Gasteiger partial charge in [0.05, 0.1) is 12.1 Å². The van der Waals surface area contributed by atoms with Gasteiger partial charge >= 0.3 is 0 Å².